The fraction of sp³-hybridized carbons (Fsp3) is 0.333. The molecule has 0 radical (unpaired) electrons. The van der Waals surface area contributed by atoms with E-state index in [1.54, 1.807) is 36.4 Å². The molecule has 2 aliphatic heterocycles. The number of aromatic amines is 1. The predicted octanol–water partition coefficient (Wildman–Crippen LogP) is 4.36. The van der Waals surface area contributed by atoms with Crippen LogP contribution in [0.2, 0.25) is 5.02 Å². The monoisotopic (exact) mass is 595 g/mol. The van der Waals surface area contributed by atoms with E-state index in [2.05, 4.69) is 20.5 Å². The van der Waals surface area contributed by atoms with Gasteiger partial charge in [-0.15, -0.1) is 0 Å². The third-order valence-electron chi connectivity index (χ3n) is 7.81. The van der Waals surface area contributed by atoms with Crippen LogP contribution in [0.5, 0.6) is 0 Å². The molecule has 1 saturated heterocycles. The molecule has 11 heteroatoms. The van der Waals surface area contributed by atoms with E-state index in [9.17, 15) is 18.0 Å². The second kappa shape index (κ2) is 11.7. The number of hydrogen-bond acceptors (Lipinski definition) is 5. The fourth-order valence-electron chi connectivity index (χ4n) is 5.39. The quantitative estimate of drug-likeness (QED) is 0.318. The Balaban J connectivity index is 1.37. The van der Waals surface area contributed by atoms with E-state index < -0.39 is 10.0 Å². The highest BCUT2D eigenvalue weighted by molar-refractivity contribution is 7.92. The zero-order valence-electron chi connectivity index (χ0n) is 23.4. The Morgan fingerprint density at radius 1 is 1.15 bits per heavy atom. The number of amides is 2. The average molecular weight is 596 g/mol. The lowest BCUT2D eigenvalue weighted by Crippen LogP contribution is -2.34. The zero-order valence-corrected chi connectivity index (χ0v) is 25.0. The molecule has 0 atom stereocenters. The van der Waals surface area contributed by atoms with Gasteiger partial charge >= 0.3 is 0 Å². The molecule has 0 unspecified atom stereocenters. The van der Waals surface area contributed by atoms with Crippen LogP contribution in [-0.2, 0) is 26.0 Å². The minimum Gasteiger partial charge on any atom is -0.359 e. The summed E-state index contributed by atoms with van der Waals surface area (Å²) in [4.78, 5) is 31.3. The molecule has 1 aromatic heterocycles. The third kappa shape index (κ3) is 6.05. The molecule has 0 saturated carbocycles. The Morgan fingerprint density at radius 3 is 2.63 bits per heavy atom. The minimum absolute atomic E-state index is 0.0452. The molecule has 3 N–H and O–H groups in total. The highest BCUT2D eigenvalue weighted by Gasteiger charge is 2.29. The Labute approximate surface area is 245 Å². The molecule has 0 spiro atoms. The smallest absolute Gasteiger partial charge is 0.264 e. The number of H-pyrrole nitrogens is 1. The van der Waals surface area contributed by atoms with Crippen molar-refractivity contribution in [1.29, 1.82) is 0 Å². The number of hydrogen-bond donors (Lipinski definition) is 3. The highest BCUT2D eigenvalue weighted by Crippen LogP contribution is 2.36. The standard InChI is InChI=1S/C30H34ClN5O4S/c1-19-24(18-29(37)32-11-14-36-12-4-5-13-36)20(2)33-28(19)17-26-25-16-23(9-10-27(25)34-30(26)38)41(39,40)35(3)22-8-6-7-21(31)15-22/h6-10,15-17,33H,4-5,11-14,18H2,1-3H3,(H,32,37)(H,34,38). The molecule has 1 fully saturated rings. The van der Waals surface area contributed by atoms with Gasteiger partial charge in [-0.3, -0.25) is 13.9 Å². The maximum atomic E-state index is 13.5. The summed E-state index contributed by atoms with van der Waals surface area (Å²) in [7, 11) is -2.47. The van der Waals surface area contributed by atoms with Crippen molar-refractivity contribution in [1.82, 2.24) is 15.2 Å². The highest BCUT2D eigenvalue weighted by atomic mass is 35.5. The number of sulfonamides is 1. The maximum absolute atomic E-state index is 13.5. The number of aromatic nitrogens is 1. The molecule has 2 aromatic carbocycles. The van der Waals surface area contributed by atoms with E-state index in [-0.39, 0.29) is 23.1 Å². The Morgan fingerprint density at radius 2 is 1.90 bits per heavy atom. The van der Waals surface area contributed by atoms with E-state index in [4.69, 9.17) is 11.6 Å². The van der Waals surface area contributed by atoms with Crippen molar-refractivity contribution in [3.8, 4) is 0 Å². The molecular weight excluding hydrogens is 562 g/mol. The lowest BCUT2D eigenvalue weighted by molar-refractivity contribution is -0.120. The molecule has 41 heavy (non-hydrogen) atoms. The largest absolute Gasteiger partial charge is 0.359 e. The number of anilines is 2. The molecule has 9 nitrogen and oxygen atoms in total. The van der Waals surface area contributed by atoms with Crippen molar-refractivity contribution in [2.24, 2.45) is 0 Å². The molecule has 3 heterocycles. The second-order valence-corrected chi connectivity index (χ2v) is 12.9. The van der Waals surface area contributed by atoms with Gasteiger partial charge in [-0.25, -0.2) is 8.42 Å². The summed E-state index contributed by atoms with van der Waals surface area (Å²) in [6, 6.07) is 11.2. The second-order valence-electron chi connectivity index (χ2n) is 10.5. The molecule has 3 aromatic rings. The van der Waals surface area contributed by atoms with Crippen LogP contribution in [0.15, 0.2) is 47.4 Å². The minimum atomic E-state index is -3.93. The van der Waals surface area contributed by atoms with Crippen LogP contribution in [0.25, 0.3) is 11.6 Å². The number of rotatable bonds is 9. The number of carbonyl (C=O) groups excluding carboxylic acids is 2. The first kappa shape index (κ1) is 28.9. The predicted molar refractivity (Wildman–Crippen MR) is 163 cm³/mol. The third-order valence-corrected chi connectivity index (χ3v) is 9.83. The molecule has 2 aliphatic rings. The van der Waals surface area contributed by atoms with Gasteiger partial charge in [0.1, 0.15) is 0 Å². The van der Waals surface area contributed by atoms with Crippen molar-refractivity contribution in [2.45, 2.75) is 38.0 Å². The number of benzene rings is 2. The molecular formula is C30H34ClN5O4S. The van der Waals surface area contributed by atoms with Gasteiger partial charge in [0.2, 0.25) is 5.91 Å². The zero-order chi connectivity index (χ0) is 29.3. The molecule has 2 amide bonds. The number of aryl methyl sites for hydroxylation is 1. The van der Waals surface area contributed by atoms with Crippen molar-refractivity contribution in [3.05, 3.63) is 75.6 Å². The fourth-order valence-corrected chi connectivity index (χ4v) is 6.79. The van der Waals surface area contributed by atoms with Gasteiger partial charge in [0.15, 0.2) is 0 Å². The van der Waals surface area contributed by atoms with E-state index in [1.807, 2.05) is 13.8 Å². The van der Waals surface area contributed by atoms with Crippen LogP contribution in [0.4, 0.5) is 11.4 Å². The number of carbonyl (C=O) groups is 2. The van der Waals surface area contributed by atoms with Crippen molar-refractivity contribution >= 4 is 56.5 Å². The first-order valence-corrected chi connectivity index (χ1v) is 15.5. The van der Waals surface area contributed by atoms with Crippen molar-refractivity contribution in [2.75, 3.05) is 42.8 Å². The summed E-state index contributed by atoms with van der Waals surface area (Å²) in [5, 5.41) is 6.26. The lowest BCUT2D eigenvalue weighted by atomic mass is 10.0. The van der Waals surface area contributed by atoms with Gasteiger partial charge in [0, 0.05) is 47.8 Å². The van der Waals surface area contributed by atoms with E-state index in [0.29, 0.717) is 39.8 Å². The Hall–Kier alpha value is -3.60. The van der Waals surface area contributed by atoms with Gasteiger partial charge in [-0.05, 0) is 93.4 Å². The van der Waals surface area contributed by atoms with Crippen LogP contribution in [0.1, 0.15) is 40.9 Å². The number of nitrogens with one attached hydrogen (secondary N) is 3. The van der Waals surface area contributed by atoms with Gasteiger partial charge in [-0.1, -0.05) is 17.7 Å². The van der Waals surface area contributed by atoms with E-state index in [0.717, 1.165) is 40.8 Å². The number of halogens is 1. The summed E-state index contributed by atoms with van der Waals surface area (Å²) in [6.07, 6.45) is 4.38. The van der Waals surface area contributed by atoms with Gasteiger partial charge in [0.05, 0.1) is 22.6 Å². The summed E-state index contributed by atoms with van der Waals surface area (Å²) in [6.45, 7) is 7.47. The average Bonchev–Trinajstić information content (AvgIpc) is 3.63. The van der Waals surface area contributed by atoms with Crippen LogP contribution >= 0.6 is 11.6 Å². The Kier molecular flexibility index (Phi) is 8.26. The lowest BCUT2D eigenvalue weighted by Gasteiger charge is -2.20. The van der Waals surface area contributed by atoms with E-state index in [1.165, 1.54) is 32.0 Å². The SMILES string of the molecule is Cc1[nH]c(C=C2C(=O)Nc3ccc(S(=O)(=O)N(C)c4cccc(Cl)c4)cc32)c(C)c1CC(=O)NCCN1CCCC1. The van der Waals surface area contributed by atoms with Crippen LogP contribution in [-0.4, -0.2) is 63.3 Å². The van der Waals surface area contributed by atoms with Gasteiger partial charge in [-0.2, -0.15) is 0 Å². The first-order valence-electron chi connectivity index (χ1n) is 13.6. The number of likely N-dealkylation sites (tertiary alicyclic amines) is 1. The molecule has 0 aliphatic carbocycles. The van der Waals surface area contributed by atoms with Crippen LogP contribution < -0.4 is 14.9 Å². The molecule has 5 rings (SSSR count). The van der Waals surface area contributed by atoms with Gasteiger partial charge < -0.3 is 20.5 Å². The summed E-state index contributed by atoms with van der Waals surface area (Å²) < 4.78 is 28.1. The summed E-state index contributed by atoms with van der Waals surface area (Å²) in [5.41, 5.74) is 5.09. The molecule has 0 bridgehead atoms. The summed E-state index contributed by atoms with van der Waals surface area (Å²) >= 11 is 6.07. The van der Waals surface area contributed by atoms with E-state index >= 15 is 0 Å². The maximum Gasteiger partial charge on any atom is 0.264 e. The molecule has 216 valence electrons. The normalized spacial score (nSPS) is 16.2. The Bertz CT molecular complexity index is 1640. The van der Waals surface area contributed by atoms with Gasteiger partial charge in [0.25, 0.3) is 15.9 Å². The summed E-state index contributed by atoms with van der Waals surface area (Å²) in [5.74, 6) is -0.373. The van der Waals surface area contributed by atoms with Crippen molar-refractivity contribution < 1.29 is 18.0 Å². The van der Waals surface area contributed by atoms with Crippen LogP contribution in [0.3, 0.4) is 0 Å². The topological polar surface area (TPSA) is 115 Å². The number of fused-ring (bicyclic) bond motifs is 1. The number of nitrogens with zero attached hydrogens (tertiary/aromatic N) is 2. The van der Waals surface area contributed by atoms with Crippen LogP contribution in [0, 0.1) is 13.8 Å². The van der Waals surface area contributed by atoms with Crippen molar-refractivity contribution in [3.63, 3.8) is 0 Å². The first-order chi connectivity index (χ1) is 19.5.